The molecule has 25 heavy (non-hydrogen) atoms. The molecular formula is C14H13Cl3N2O4S2. The van der Waals surface area contributed by atoms with E-state index in [1.807, 2.05) is 0 Å². The smallest absolute Gasteiger partial charge is 0.225 e. The van der Waals surface area contributed by atoms with Crippen molar-refractivity contribution < 1.29 is 16.8 Å². The molecule has 136 valence electrons. The molecule has 3 N–H and O–H groups in total. The number of halogens is 3. The van der Waals surface area contributed by atoms with Gasteiger partial charge in [0, 0.05) is 11.1 Å². The van der Waals surface area contributed by atoms with Crippen LogP contribution in [0.15, 0.2) is 46.2 Å². The summed E-state index contributed by atoms with van der Waals surface area (Å²) >= 11 is 17.7. The summed E-state index contributed by atoms with van der Waals surface area (Å²) in [5.41, 5.74) is 0.399. The fraction of sp³-hybridized carbons (Fsp3) is 0.143. The molecule has 0 spiro atoms. The van der Waals surface area contributed by atoms with E-state index >= 15 is 0 Å². The Labute approximate surface area is 161 Å². The topological polar surface area (TPSA) is 106 Å². The molecule has 0 radical (unpaired) electrons. The molecule has 0 saturated heterocycles. The van der Waals surface area contributed by atoms with Crippen molar-refractivity contribution in [2.24, 2.45) is 5.14 Å². The molecule has 0 heterocycles. The maximum atomic E-state index is 12.6. The zero-order valence-corrected chi connectivity index (χ0v) is 16.6. The van der Waals surface area contributed by atoms with Crippen molar-refractivity contribution in [3.05, 3.63) is 57.0 Å². The van der Waals surface area contributed by atoms with Gasteiger partial charge in [-0.25, -0.2) is 26.7 Å². The van der Waals surface area contributed by atoms with E-state index in [9.17, 15) is 16.8 Å². The summed E-state index contributed by atoms with van der Waals surface area (Å²) in [6.07, 6.45) is 0. The molecule has 0 amide bonds. The minimum atomic E-state index is -4.09. The SMILES string of the molecule is CC(NS(=O)(=O)c1c(Cl)cc(Cl)cc1Cl)c1cccc(S(N)(=O)=O)c1. The van der Waals surface area contributed by atoms with Gasteiger partial charge in [-0.15, -0.1) is 0 Å². The highest BCUT2D eigenvalue weighted by atomic mass is 35.5. The lowest BCUT2D eigenvalue weighted by Gasteiger charge is -2.17. The summed E-state index contributed by atoms with van der Waals surface area (Å²) in [7, 11) is -7.99. The van der Waals surface area contributed by atoms with Crippen molar-refractivity contribution >= 4 is 54.8 Å². The van der Waals surface area contributed by atoms with Crippen LogP contribution in [0.2, 0.25) is 15.1 Å². The predicted molar refractivity (Wildman–Crippen MR) is 98.0 cm³/mol. The van der Waals surface area contributed by atoms with Gasteiger partial charge in [0.15, 0.2) is 0 Å². The second-order valence-electron chi connectivity index (χ2n) is 5.16. The molecule has 6 nitrogen and oxygen atoms in total. The highest BCUT2D eigenvalue weighted by molar-refractivity contribution is 7.89. The number of sulfonamides is 2. The fourth-order valence-corrected chi connectivity index (χ4v) is 5.45. The first-order valence-corrected chi connectivity index (χ1v) is 10.9. The number of rotatable bonds is 5. The average molecular weight is 444 g/mol. The Morgan fingerprint density at radius 1 is 1.00 bits per heavy atom. The first-order chi connectivity index (χ1) is 11.4. The van der Waals surface area contributed by atoms with E-state index in [0.717, 1.165) is 0 Å². The van der Waals surface area contributed by atoms with Gasteiger partial charge in [0.2, 0.25) is 20.0 Å². The van der Waals surface area contributed by atoms with E-state index in [0.29, 0.717) is 5.56 Å². The highest BCUT2D eigenvalue weighted by Crippen LogP contribution is 2.33. The van der Waals surface area contributed by atoms with Crippen molar-refractivity contribution in [2.45, 2.75) is 22.8 Å². The normalized spacial score (nSPS) is 13.6. The number of nitrogens with one attached hydrogen (secondary N) is 1. The second-order valence-corrected chi connectivity index (χ2v) is 9.62. The highest BCUT2D eigenvalue weighted by Gasteiger charge is 2.25. The van der Waals surface area contributed by atoms with Gasteiger partial charge in [-0.2, -0.15) is 0 Å². The summed E-state index contributed by atoms with van der Waals surface area (Å²) in [6, 6.07) is 7.37. The molecule has 0 bridgehead atoms. The molecule has 1 unspecified atom stereocenters. The Kier molecular flexibility index (Phi) is 6.05. The first kappa shape index (κ1) is 20.4. The largest absolute Gasteiger partial charge is 0.244 e. The Morgan fingerprint density at radius 3 is 2.08 bits per heavy atom. The molecule has 2 rings (SSSR count). The van der Waals surface area contributed by atoms with E-state index in [-0.39, 0.29) is 24.9 Å². The predicted octanol–water partition coefficient (Wildman–Crippen LogP) is 3.33. The van der Waals surface area contributed by atoms with E-state index in [4.69, 9.17) is 39.9 Å². The average Bonchev–Trinajstić information content (AvgIpc) is 2.44. The monoisotopic (exact) mass is 442 g/mol. The quantitative estimate of drug-likeness (QED) is 0.739. The molecule has 0 fully saturated rings. The summed E-state index contributed by atoms with van der Waals surface area (Å²) in [5, 5.41) is 5.02. The van der Waals surface area contributed by atoms with E-state index < -0.39 is 26.1 Å². The van der Waals surface area contributed by atoms with Crippen LogP contribution in [0.1, 0.15) is 18.5 Å². The summed E-state index contributed by atoms with van der Waals surface area (Å²) in [4.78, 5) is -0.437. The number of hydrogen-bond acceptors (Lipinski definition) is 4. The molecule has 0 aliphatic heterocycles. The van der Waals surface area contributed by atoms with Gasteiger partial charge < -0.3 is 0 Å². The minimum absolute atomic E-state index is 0.126. The lowest BCUT2D eigenvalue weighted by atomic mass is 10.1. The van der Waals surface area contributed by atoms with E-state index in [1.165, 1.54) is 37.3 Å². The zero-order valence-electron chi connectivity index (χ0n) is 12.7. The van der Waals surface area contributed by atoms with Crippen LogP contribution in [0.4, 0.5) is 0 Å². The molecule has 0 aromatic heterocycles. The molecule has 0 aliphatic carbocycles. The number of hydrogen-bond donors (Lipinski definition) is 2. The molecule has 2 aromatic carbocycles. The maximum Gasteiger partial charge on any atom is 0.244 e. The first-order valence-electron chi connectivity index (χ1n) is 6.71. The van der Waals surface area contributed by atoms with Crippen molar-refractivity contribution in [1.82, 2.24) is 4.72 Å². The van der Waals surface area contributed by atoms with Gasteiger partial charge in [-0.1, -0.05) is 46.9 Å². The third kappa shape index (κ3) is 4.85. The Morgan fingerprint density at radius 2 is 1.56 bits per heavy atom. The minimum Gasteiger partial charge on any atom is -0.225 e. The van der Waals surface area contributed by atoms with Crippen molar-refractivity contribution in [2.75, 3.05) is 0 Å². The van der Waals surface area contributed by atoms with Crippen LogP contribution >= 0.6 is 34.8 Å². The molecular weight excluding hydrogens is 431 g/mol. The van der Waals surface area contributed by atoms with Crippen LogP contribution < -0.4 is 9.86 Å². The maximum absolute atomic E-state index is 12.6. The molecule has 0 saturated carbocycles. The van der Waals surface area contributed by atoms with Crippen LogP contribution in [-0.4, -0.2) is 16.8 Å². The fourth-order valence-electron chi connectivity index (χ4n) is 2.11. The van der Waals surface area contributed by atoms with Crippen molar-refractivity contribution in [3.8, 4) is 0 Å². The molecule has 11 heteroatoms. The lowest BCUT2D eigenvalue weighted by molar-refractivity contribution is 0.567. The van der Waals surface area contributed by atoms with Gasteiger partial charge in [0.05, 0.1) is 14.9 Å². The summed E-state index contributed by atoms with van der Waals surface area (Å²) in [6.45, 7) is 1.54. The molecule has 0 aliphatic rings. The van der Waals surface area contributed by atoms with E-state index in [1.54, 1.807) is 6.07 Å². The van der Waals surface area contributed by atoms with Gasteiger partial charge in [0.1, 0.15) is 4.90 Å². The van der Waals surface area contributed by atoms with Crippen LogP contribution in [-0.2, 0) is 20.0 Å². The van der Waals surface area contributed by atoms with Crippen LogP contribution in [0.25, 0.3) is 0 Å². The second kappa shape index (κ2) is 7.40. The lowest BCUT2D eigenvalue weighted by Crippen LogP contribution is -2.27. The van der Waals surface area contributed by atoms with Crippen molar-refractivity contribution in [1.29, 1.82) is 0 Å². The molecule has 1 atom stereocenters. The number of benzene rings is 2. The Hall–Kier alpha value is -0.870. The van der Waals surface area contributed by atoms with Gasteiger partial charge in [-0.3, -0.25) is 0 Å². The summed E-state index contributed by atoms with van der Waals surface area (Å²) < 4.78 is 50.4. The Balaban J connectivity index is 2.39. The van der Waals surface area contributed by atoms with Gasteiger partial charge >= 0.3 is 0 Å². The van der Waals surface area contributed by atoms with Crippen LogP contribution in [0, 0.1) is 0 Å². The number of primary sulfonamides is 1. The van der Waals surface area contributed by atoms with Crippen LogP contribution in [0.5, 0.6) is 0 Å². The standard InChI is InChI=1S/C14H13Cl3N2O4S2/c1-8(9-3-2-4-11(5-9)24(18,20)21)19-25(22,23)14-12(16)6-10(15)7-13(14)17/h2-8,19H,1H3,(H2,18,20,21). The third-order valence-electron chi connectivity index (χ3n) is 3.25. The van der Waals surface area contributed by atoms with Crippen LogP contribution in [0.3, 0.4) is 0 Å². The van der Waals surface area contributed by atoms with E-state index in [2.05, 4.69) is 4.72 Å². The summed E-state index contributed by atoms with van der Waals surface area (Å²) in [5.74, 6) is 0. The van der Waals surface area contributed by atoms with Gasteiger partial charge in [-0.05, 0) is 36.8 Å². The van der Waals surface area contributed by atoms with Gasteiger partial charge in [0.25, 0.3) is 0 Å². The van der Waals surface area contributed by atoms with Crippen molar-refractivity contribution in [3.63, 3.8) is 0 Å². The number of nitrogens with two attached hydrogens (primary N) is 1. The molecule has 2 aromatic rings. The Bertz CT molecular complexity index is 1000. The third-order valence-corrected chi connectivity index (χ3v) is 6.84. The zero-order chi connectivity index (χ0) is 19.0.